The fourth-order valence-corrected chi connectivity index (χ4v) is 2.32. The molecule has 1 aromatic carbocycles. The number of hydrogen-bond acceptors (Lipinski definition) is 4. The Morgan fingerprint density at radius 1 is 1.41 bits per heavy atom. The summed E-state index contributed by atoms with van der Waals surface area (Å²) in [6, 6.07) is 4.37. The normalized spacial score (nSPS) is 12.1. The highest BCUT2D eigenvalue weighted by atomic mass is 16.5. The first-order valence-corrected chi connectivity index (χ1v) is 7.08. The molecule has 118 valence electrons. The Bertz CT molecular complexity index is 704. The first-order valence-electron chi connectivity index (χ1n) is 7.08. The number of nitrogens with one attached hydrogen (secondary N) is 1. The van der Waals surface area contributed by atoms with Crippen LogP contribution >= 0.6 is 0 Å². The summed E-state index contributed by atoms with van der Waals surface area (Å²) in [4.78, 5) is 23.4. The maximum absolute atomic E-state index is 12.3. The van der Waals surface area contributed by atoms with Crippen LogP contribution in [0.1, 0.15) is 35.9 Å². The summed E-state index contributed by atoms with van der Waals surface area (Å²) in [5.41, 5.74) is 1.21. The Morgan fingerprint density at radius 3 is 2.73 bits per heavy atom. The number of ether oxygens (including phenoxy) is 1. The Labute approximate surface area is 128 Å². The topological polar surface area (TPSA) is 88.8 Å². The van der Waals surface area contributed by atoms with E-state index in [2.05, 4.69) is 5.32 Å². The maximum atomic E-state index is 12.3. The van der Waals surface area contributed by atoms with Gasteiger partial charge in [-0.2, -0.15) is 0 Å². The number of benzene rings is 1. The standard InChI is InChI=1S/C16H19NO5/c1-4-5-12(16(19)20)17-15(18)14-9(2)11-7-6-10(21-3)8-13(11)22-14/h6-8,12H,4-5H2,1-3H3,(H,17,18)(H,19,20)/t12-/m0/s1. The molecular weight excluding hydrogens is 286 g/mol. The minimum absolute atomic E-state index is 0.130. The SMILES string of the molecule is CCC[C@H](NC(=O)c1oc2cc(OC)ccc2c1C)C(=O)O. The third kappa shape index (κ3) is 3.05. The van der Waals surface area contributed by atoms with Crippen molar-refractivity contribution in [3.05, 3.63) is 29.5 Å². The molecule has 1 amide bonds. The van der Waals surface area contributed by atoms with Gasteiger partial charge in [0.15, 0.2) is 5.76 Å². The largest absolute Gasteiger partial charge is 0.497 e. The van der Waals surface area contributed by atoms with Crippen LogP contribution in [0.2, 0.25) is 0 Å². The highest BCUT2D eigenvalue weighted by molar-refractivity contribution is 6.00. The van der Waals surface area contributed by atoms with Crippen molar-refractivity contribution in [2.75, 3.05) is 7.11 Å². The minimum Gasteiger partial charge on any atom is -0.497 e. The van der Waals surface area contributed by atoms with Gasteiger partial charge in [-0.1, -0.05) is 13.3 Å². The van der Waals surface area contributed by atoms with E-state index in [1.165, 1.54) is 0 Å². The molecule has 0 aliphatic heterocycles. The molecule has 0 spiro atoms. The van der Waals surface area contributed by atoms with Crippen molar-refractivity contribution in [2.45, 2.75) is 32.7 Å². The van der Waals surface area contributed by atoms with Gasteiger partial charge in [0.2, 0.25) is 0 Å². The number of carboxylic acids is 1. The number of methoxy groups -OCH3 is 1. The second kappa shape index (κ2) is 6.51. The van der Waals surface area contributed by atoms with Crippen molar-refractivity contribution in [2.24, 2.45) is 0 Å². The first-order chi connectivity index (χ1) is 10.5. The molecule has 2 N–H and O–H groups in total. The summed E-state index contributed by atoms with van der Waals surface area (Å²) in [5.74, 6) is -0.813. The van der Waals surface area contributed by atoms with Gasteiger partial charge in [-0.3, -0.25) is 4.79 Å². The van der Waals surface area contributed by atoms with Crippen molar-refractivity contribution in [1.29, 1.82) is 0 Å². The predicted octanol–water partition coefficient (Wildman–Crippen LogP) is 2.73. The zero-order valence-electron chi connectivity index (χ0n) is 12.8. The van der Waals surface area contributed by atoms with Crippen LogP contribution in [0.4, 0.5) is 0 Å². The average molecular weight is 305 g/mol. The summed E-state index contributed by atoms with van der Waals surface area (Å²) in [7, 11) is 1.55. The van der Waals surface area contributed by atoms with Crippen LogP contribution in [0.25, 0.3) is 11.0 Å². The Kier molecular flexibility index (Phi) is 4.70. The van der Waals surface area contributed by atoms with Crippen molar-refractivity contribution in [3.63, 3.8) is 0 Å². The third-order valence-electron chi connectivity index (χ3n) is 3.53. The molecule has 2 aromatic rings. The number of carbonyl (C=O) groups excluding carboxylic acids is 1. The molecule has 0 aliphatic carbocycles. The predicted molar refractivity (Wildman–Crippen MR) is 81.3 cm³/mol. The van der Waals surface area contributed by atoms with Crippen LogP contribution < -0.4 is 10.1 Å². The van der Waals surface area contributed by atoms with E-state index in [0.29, 0.717) is 29.7 Å². The van der Waals surface area contributed by atoms with E-state index in [-0.39, 0.29) is 5.76 Å². The van der Waals surface area contributed by atoms with Crippen LogP contribution in [0, 0.1) is 6.92 Å². The van der Waals surface area contributed by atoms with E-state index < -0.39 is 17.9 Å². The molecule has 0 fully saturated rings. The van der Waals surface area contributed by atoms with Gasteiger partial charge in [-0.05, 0) is 25.5 Å². The van der Waals surface area contributed by atoms with Crippen LogP contribution in [-0.2, 0) is 4.79 Å². The molecule has 1 heterocycles. The molecule has 1 atom stereocenters. The number of aliphatic carboxylic acids is 1. The van der Waals surface area contributed by atoms with Gasteiger partial charge in [0.1, 0.15) is 17.4 Å². The maximum Gasteiger partial charge on any atom is 0.326 e. The van der Waals surface area contributed by atoms with E-state index in [4.69, 9.17) is 14.3 Å². The highest BCUT2D eigenvalue weighted by Gasteiger charge is 2.24. The Hall–Kier alpha value is -2.50. The average Bonchev–Trinajstić information content (AvgIpc) is 2.83. The van der Waals surface area contributed by atoms with Crippen LogP contribution in [0.3, 0.4) is 0 Å². The van der Waals surface area contributed by atoms with Crippen molar-refractivity contribution in [1.82, 2.24) is 5.32 Å². The molecule has 1 aromatic heterocycles. The summed E-state index contributed by atoms with van der Waals surface area (Å²) in [5, 5.41) is 12.4. The summed E-state index contributed by atoms with van der Waals surface area (Å²) >= 11 is 0. The Balaban J connectivity index is 2.31. The van der Waals surface area contributed by atoms with E-state index in [1.807, 2.05) is 13.0 Å². The smallest absolute Gasteiger partial charge is 0.326 e. The number of hydrogen-bond donors (Lipinski definition) is 2. The number of rotatable bonds is 6. The lowest BCUT2D eigenvalue weighted by Gasteiger charge is -2.12. The zero-order valence-corrected chi connectivity index (χ0v) is 12.8. The van der Waals surface area contributed by atoms with E-state index in [9.17, 15) is 9.59 Å². The number of aryl methyl sites for hydroxylation is 1. The van der Waals surface area contributed by atoms with Crippen LogP contribution in [0.15, 0.2) is 22.6 Å². The zero-order chi connectivity index (χ0) is 16.3. The van der Waals surface area contributed by atoms with Crippen LogP contribution in [-0.4, -0.2) is 30.1 Å². The number of furan rings is 1. The molecule has 0 radical (unpaired) electrons. The first kappa shape index (κ1) is 15.9. The molecule has 0 saturated carbocycles. The monoisotopic (exact) mass is 305 g/mol. The van der Waals surface area contributed by atoms with Gasteiger partial charge in [0.25, 0.3) is 5.91 Å². The second-order valence-corrected chi connectivity index (χ2v) is 5.07. The second-order valence-electron chi connectivity index (χ2n) is 5.07. The van der Waals surface area contributed by atoms with E-state index in [1.54, 1.807) is 26.2 Å². The summed E-state index contributed by atoms with van der Waals surface area (Å²) < 4.78 is 10.7. The lowest BCUT2D eigenvalue weighted by molar-refractivity contribution is -0.139. The van der Waals surface area contributed by atoms with Crippen molar-refractivity contribution < 1.29 is 23.8 Å². The van der Waals surface area contributed by atoms with Crippen molar-refractivity contribution in [3.8, 4) is 5.75 Å². The Morgan fingerprint density at radius 2 is 2.14 bits per heavy atom. The third-order valence-corrected chi connectivity index (χ3v) is 3.53. The molecule has 2 rings (SSSR count). The summed E-state index contributed by atoms with van der Waals surface area (Å²) in [6.07, 6.45) is 1.03. The number of carbonyl (C=O) groups is 2. The van der Waals surface area contributed by atoms with Crippen molar-refractivity contribution >= 4 is 22.8 Å². The molecule has 0 bridgehead atoms. The van der Waals surface area contributed by atoms with Crippen LogP contribution in [0.5, 0.6) is 5.75 Å². The number of amides is 1. The number of carboxylic acid groups (broad SMARTS) is 1. The quantitative estimate of drug-likeness (QED) is 0.856. The lowest BCUT2D eigenvalue weighted by atomic mass is 10.1. The molecule has 0 aliphatic rings. The van der Waals surface area contributed by atoms with Gasteiger partial charge in [0.05, 0.1) is 7.11 Å². The fraction of sp³-hybridized carbons (Fsp3) is 0.375. The minimum atomic E-state index is -1.05. The molecule has 6 heteroatoms. The highest BCUT2D eigenvalue weighted by Crippen LogP contribution is 2.28. The van der Waals surface area contributed by atoms with Gasteiger partial charge in [0, 0.05) is 17.0 Å². The van der Waals surface area contributed by atoms with E-state index >= 15 is 0 Å². The number of fused-ring (bicyclic) bond motifs is 1. The molecule has 6 nitrogen and oxygen atoms in total. The lowest BCUT2D eigenvalue weighted by Crippen LogP contribution is -2.40. The molecule has 0 saturated heterocycles. The molecular formula is C16H19NO5. The van der Waals surface area contributed by atoms with Gasteiger partial charge < -0.3 is 19.6 Å². The van der Waals surface area contributed by atoms with Gasteiger partial charge in [-0.15, -0.1) is 0 Å². The van der Waals surface area contributed by atoms with E-state index in [0.717, 1.165) is 5.39 Å². The molecule has 0 unspecified atom stereocenters. The van der Waals surface area contributed by atoms with Gasteiger partial charge in [-0.25, -0.2) is 4.79 Å². The van der Waals surface area contributed by atoms with Gasteiger partial charge >= 0.3 is 5.97 Å². The molecule has 22 heavy (non-hydrogen) atoms. The fourth-order valence-electron chi connectivity index (χ4n) is 2.32. The summed E-state index contributed by atoms with van der Waals surface area (Å²) in [6.45, 7) is 3.63.